The lowest BCUT2D eigenvalue weighted by atomic mass is 10.0. The molecule has 1 atom stereocenters. The lowest BCUT2D eigenvalue weighted by Crippen LogP contribution is -2.37. The summed E-state index contributed by atoms with van der Waals surface area (Å²) in [4.78, 5) is 12.9. The molecular formula is C11H24N2O2. The number of carbonyl (C=O) groups is 1. The van der Waals surface area contributed by atoms with Crippen LogP contribution in [0.3, 0.4) is 0 Å². The first kappa shape index (κ1) is 14.4. The van der Waals surface area contributed by atoms with Gasteiger partial charge in [-0.2, -0.15) is 0 Å². The van der Waals surface area contributed by atoms with Crippen molar-refractivity contribution in [2.75, 3.05) is 27.2 Å². The van der Waals surface area contributed by atoms with Crippen LogP contribution in [0.1, 0.15) is 26.7 Å². The van der Waals surface area contributed by atoms with Gasteiger partial charge in [0.05, 0.1) is 0 Å². The molecule has 0 fully saturated rings. The fraction of sp³-hybridized carbons (Fsp3) is 0.909. The highest BCUT2D eigenvalue weighted by Gasteiger charge is 2.12. The lowest BCUT2D eigenvalue weighted by molar-refractivity contribution is -0.128. The van der Waals surface area contributed by atoms with Crippen LogP contribution in [-0.2, 0) is 4.79 Å². The summed E-state index contributed by atoms with van der Waals surface area (Å²) in [5.74, 6) is 0.612. The number of nitrogens with zero attached hydrogens (tertiary/aromatic N) is 1. The van der Waals surface area contributed by atoms with Gasteiger partial charge in [-0.05, 0) is 12.3 Å². The first-order chi connectivity index (χ1) is 6.99. The largest absolute Gasteiger partial charge is 0.396 e. The Morgan fingerprint density at radius 2 is 2.00 bits per heavy atom. The minimum atomic E-state index is 0.133. The van der Waals surface area contributed by atoms with Crippen molar-refractivity contribution in [3.63, 3.8) is 0 Å². The van der Waals surface area contributed by atoms with Gasteiger partial charge in [-0.1, -0.05) is 13.8 Å². The Morgan fingerprint density at radius 3 is 2.40 bits per heavy atom. The van der Waals surface area contributed by atoms with Crippen molar-refractivity contribution in [3.05, 3.63) is 0 Å². The van der Waals surface area contributed by atoms with Crippen molar-refractivity contribution < 1.29 is 9.90 Å². The van der Waals surface area contributed by atoms with Gasteiger partial charge >= 0.3 is 0 Å². The Morgan fingerprint density at radius 1 is 1.40 bits per heavy atom. The van der Waals surface area contributed by atoms with Gasteiger partial charge in [0.2, 0.25) is 5.91 Å². The average Bonchev–Trinajstić information content (AvgIpc) is 2.15. The Labute approximate surface area is 92.7 Å². The molecule has 4 heteroatoms. The molecule has 2 N–H and O–H groups in total. The van der Waals surface area contributed by atoms with Gasteiger partial charge in [0.15, 0.2) is 0 Å². The van der Waals surface area contributed by atoms with Crippen LogP contribution in [0.4, 0.5) is 0 Å². The van der Waals surface area contributed by atoms with Gasteiger partial charge in [0.25, 0.3) is 0 Å². The van der Waals surface area contributed by atoms with E-state index in [2.05, 4.69) is 19.2 Å². The molecule has 0 saturated heterocycles. The van der Waals surface area contributed by atoms with Crippen molar-refractivity contribution in [2.45, 2.75) is 32.7 Å². The minimum absolute atomic E-state index is 0.133. The highest BCUT2D eigenvalue weighted by Crippen LogP contribution is 2.05. The molecule has 0 aliphatic heterocycles. The van der Waals surface area contributed by atoms with Crippen LogP contribution in [0.15, 0.2) is 0 Å². The van der Waals surface area contributed by atoms with Crippen molar-refractivity contribution in [3.8, 4) is 0 Å². The summed E-state index contributed by atoms with van der Waals surface area (Å²) in [5.41, 5.74) is 0. The molecule has 90 valence electrons. The molecule has 0 aliphatic rings. The zero-order chi connectivity index (χ0) is 11.8. The topological polar surface area (TPSA) is 52.6 Å². The SMILES string of the molecule is CC(C)C(CCO)NCCC(=O)N(C)C. The zero-order valence-electron chi connectivity index (χ0n) is 10.3. The molecule has 0 bridgehead atoms. The van der Waals surface area contributed by atoms with E-state index in [0.717, 1.165) is 6.42 Å². The second-order valence-corrected chi connectivity index (χ2v) is 4.36. The number of aliphatic hydroxyl groups is 1. The second-order valence-electron chi connectivity index (χ2n) is 4.36. The van der Waals surface area contributed by atoms with E-state index in [1.165, 1.54) is 0 Å². The van der Waals surface area contributed by atoms with Crippen molar-refractivity contribution in [2.24, 2.45) is 5.92 Å². The maximum atomic E-state index is 11.3. The molecule has 0 spiro atoms. The minimum Gasteiger partial charge on any atom is -0.396 e. The van der Waals surface area contributed by atoms with Gasteiger partial charge in [-0.15, -0.1) is 0 Å². The Balaban J connectivity index is 3.75. The van der Waals surface area contributed by atoms with Crippen LogP contribution < -0.4 is 5.32 Å². The van der Waals surface area contributed by atoms with Crippen molar-refractivity contribution in [1.29, 1.82) is 0 Å². The number of hydrogen-bond acceptors (Lipinski definition) is 3. The Hall–Kier alpha value is -0.610. The van der Waals surface area contributed by atoms with Crippen LogP contribution in [0, 0.1) is 5.92 Å². The number of amides is 1. The van der Waals surface area contributed by atoms with Gasteiger partial charge in [0.1, 0.15) is 0 Å². The number of hydrogen-bond donors (Lipinski definition) is 2. The zero-order valence-corrected chi connectivity index (χ0v) is 10.3. The van der Waals surface area contributed by atoms with E-state index < -0.39 is 0 Å². The molecule has 0 aromatic heterocycles. The van der Waals surface area contributed by atoms with Crippen molar-refractivity contribution in [1.82, 2.24) is 10.2 Å². The van der Waals surface area contributed by atoms with Gasteiger partial charge < -0.3 is 15.3 Å². The predicted octanol–water partition coefficient (Wildman–Crippen LogP) is 0.461. The predicted molar refractivity (Wildman–Crippen MR) is 61.6 cm³/mol. The van der Waals surface area contributed by atoms with E-state index in [0.29, 0.717) is 24.9 Å². The normalized spacial score (nSPS) is 12.9. The van der Waals surface area contributed by atoms with Crippen LogP contribution in [-0.4, -0.2) is 49.2 Å². The van der Waals surface area contributed by atoms with Crippen LogP contribution in [0.5, 0.6) is 0 Å². The van der Waals surface area contributed by atoms with Crippen LogP contribution in [0.25, 0.3) is 0 Å². The molecule has 0 aromatic carbocycles. The summed E-state index contributed by atoms with van der Waals surface area (Å²) < 4.78 is 0. The first-order valence-corrected chi connectivity index (χ1v) is 5.53. The molecule has 0 aliphatic carbocycles. The second kappa shape index (κ2) is 7.65. The van der Waals surface area contributed by atoms with E-state index in [1.807, 2.05) is 0 Å². The van der Waals surface area contributed by atoms with Gasteiger partial charge in [-0.3, -0.25) is 4.79 Å². The van der Waals surface area contributed by atoms with E-state index in [1.54, 1.807) is 19.0 Å². The van der Waals surface area contributed by atoms with Crippen LogP contribution >= 0.6 is 0 Å². The number of rotatable bonds is 7. The molecule has 15 heavy (non-hydrogen) atoms. The maximum absolute atomic E-state index is 11.3. The molecule has 0 saturated carbocycles. The summed E-state index contributed by atoms with van der Waals surface area (Å²) in [5, 5.41) is 12.2. The molecule has 1 unspecified atom stereocenters. The maximum Gasteiger partial charge on any atom is 0.223 e. The van der Waals surface area contributed by atoms with E-state index in [9.17, 15) is 4.79 Å². The monoisotopic (exact) mass is 216 g/mol. The smallest absolute Gasteiger partial charge is 0.223 e. The van der Waals surface area contributed by atoms with Crippen LogP contribution in [0.2, 0.25) is 0 Å². The van der Waals surface area contributed by atoms with Gasteiger partial charge in [0, 0.05) is 39.7 Å². The molecule has 1 amide bonds. The standard InChI is InChI=1S/C11H24N2O2/c1-9(2)10(6-8-14)12-7-5-11(15)13(3)4/h9-10,12,14H,5-8H2,1-4H3. The summed E-state index contributed by atoms with van der Waals surface area (Å²) >= 11 is 0. The molecular weight excluding hydrogens is 192 g/mol. The average molecular weight is 216 g/mol. The first-order valence-electron chi connectivity index (χ1n) is 5.53. The third-order valence-corrected chi connectivity index (χ3v) is 2.49. The summed E-state index contributed by atoms with van der Waals surface area (Å²) in [7, 11) is 3.52. The molecule has 0 aromatic rings. The summed E-state index contributed by atoms with van der Waals surface area (Å²) in [6.45, 7) is 5.10. The fourth-order valence-corrected chi connectivity index (χ4v) is 1.40. The number of aliphatic hydroxyl groups excluding tert-OH is 1. The molecule has 0 heterocycles. The number of nitrogens with one attached hydrogen (secondary N) is 1. The highest BCUT2D eigenvalue weighted by molar-refractivity contribution is 5.75. The van der Waals surface area contributed by atoms with E-state index in [-0.39, 0.29) is 12.5 Å². The van der Waals surface area contributed by atoms with E-state index in [4.69, 9.17) is 5.11 Å². The van der Waals surface area contributed by atoms with Crippen molar-refractivity contribution >= 4 is 5.91 Å². The Bertz CT molecular complexity index is 181. The third-order valence-electron chi connectivity index (χ3n) is 2.49. The van der Waals surface area contributed by atoms with E-state index >= 15 is 0 Å². The van der Waals surface area contributed by atoms with Gasteiger partial charge in [-0.25, -0.2) is 0 Å². The molecule has 0 rings (SSSR count). The highest BCUT2D eigenvalue weighted by atomic mass is 16.3. The summed E-state index contributed by atoms with van der Waals surface area (Å²) in [6.07, 6.45) is 1.26. The quantitative estimate of drug-likeness (QED) is 0.650. The number of carbonyl (C=O) groups excluding carboxylic acids is 1. The fourth-order valence-electron chi connectivity index (χ4n) is 1.40. The Kier molecular flexibility index (Phi) is 7.34. The summed E-state index contributed by atoms with van der Waals surface area (Å²) in [6, 6.07) is 0.296. The molecule has 0 radical (unpaired) electrons. The molecule has 4 nitrogen and oxygen atoms in total. The lowest BCUT2D eigenvalue weighted by Gasteiger charge is -2.21. The third kappa shape index (κ3) is 6.47.